The van der Waals surface area contributed by atoms with Crippen LogP contribution < -0.4 is 5.32 Å². The van der Waals surface area contributed by atoms with Crippen molar-refractivity contribution in [2.45, 2.75) is 26.3 Å². The highest BCUT2D eigenvalue weighted by atomic mass is 16.1. The van der Waals surface area contributed by atoms with E-state index in [9.17, 15) is 4.79 Å². The Morgan fingerprint density at radius 1 is 1.55 bits per heavy atom. The molecule has 0 rings (SSSR count). The van der Waals surface area contributed by atoms with Gasteiger partial charge in [0.1, 0.15) is 0 Å². The summed E-state index contributed by atoms with van der Waals surface area (Å²) >= 11 is 0. The fourth-order valence-corrected chi connectivity index (χ4v) is 0.540. The van der Waals surface area contributed by atoms with Crippen LogP contribution in [-0.2, 0) is 4.79 Å². The average molecular weight is 153 g/mol. The molecule has 0 amide bonds. The summed E-state index contributed by atoms with van der Waals surface area (Å²) in [6.45, 7) is 12.4. The summed E-state index contributed by atoms with van der Waals surface area (Å²) in [6, 6.07) is 0. The number of Topliss-reactive ketones (excluding diaryl/α,β-unsaturated/α-hetero) is 1. The molecule has 0 aliphatic carbocycles. The van der Waals surface area contributed by atoms with Crippen molar-refractivity contribution in [3.8, 4) is 0 Å². The van der Waals surface area contributed by atoms with Crippen molar-refractivity contribution >= 4 is 5.78 Å². The Morgan fingerprint density at radius 2 is 2.00 bits per heavy atom. The van der Waals surface area contributed by atoms with E-state index >= 15 is 0 Å². The maximum absolute atomic E-state index is 11.0. The van der Waals surface area contributed by atoms with Crippen molar-refractivity contribution < 1.29 is 4.79 Å². The molecule has 2 nitrogen and oxygen atoms in total. The van der Waals surface area contributed by atoms with Crippen LogP contribution in [0.4, 0.5) is 0 Å². The van der Waals surface area contributed by atoms with Crippen LogP contribution in [0, 0.1) is 0 Å². The van der Waals surface area contributed by atoms with E-state index in [0.717, 1.165) is 0 Å². The molecule has 0 atom stereocenters. The lowest BCUT2D eigenvalue weighted by atomic mass is 10.0. The van der Waals surface area contributed by atoms with Crippen molar-refractivity contribution in [2.75, 3.05) is 0 Å². The van der Waals surface area contributed by atoms with Gasteiger partial charge in [0.25, 0.3) is 0 Å². The Hall–Kier alpha value is -1.05. The van der Waals surface area contributed by atoms with E-state index < -0.39 is 5.54 Å². The number of hydrogen-bond donors (Lipinski definition) is 1. The first-order chi connectivity index (χ1) is 4.90. The lowest BCUT2D eigenvalue weighted by Crippen LogP contribution is -2.44. The highest BCUT2D eigenvalue weighted by molar-refractivity contribution is 5.85. The fourth-order valence-electron chi connectivity index (χ4n) is 0.540. The molecule has 0 aromatic heterocycles. The summed E-state index contributed by atoms with van der Waals surface area (Å²) in [5, 5.41) is 2.94. The Kier molecular flexibility index (Phi) is 3.05. The van der Waals surface area contributed by atoms with Crippen LogP contribution in [0.3, 0.4) is 0 Å². The molecule has 11 heavy (non-hydrogen) atoms. The standard InChI is InChI=1S/C9H15NO/c1-6-7(2)10-9(4,5)8(3)11/h6,10H,1-2H2,3-5H3. The normalized spacial score (nSPS) is 10.5. The third kappa shape index (κ3) is 3.03. The van der Waals surface area contributed by atoms with Gasteiger partial charge in [-0.05, 0) is 26.8 Å². The first kappa shape index (κ1) is 9.95. The Balaban J connectivity index is 4.23. The van der Waals surface area contributed by atoms with Crippen LogP contribution in [0.5, 0.6) is 0 Å². The van der Waals surface area contributed by atoms with Crippen LogP contribution >= 0.6 is 0 Å². The van der Waals surface area contributed by atoms with Gasteiger partial charge in [-0.25, -0.2) is 0 Å². The first-order valence-corrected chi connectivity index (χ1v) is 3.50. The van der Waals surface area contributed by atoms with Gasteiger partial charge in [-0.1, -0.05) is 13.2 Å². The van der Waals surface area contributed by atoms with E-state index in [0.29, 0.717) is 5.70 Å². The highest BCUT2D eigenvalue weighted by Gasteiger charge is 2.22. The average Bonchev–Trinajstić information content (AvgIpc) is 1.86. The Labute approximate surface area is 68.0 Å². The lowest BCUT2D eigenvalue weighted by molar-refractivity contribution is -0.121. The van der Waals surface area contributed by atoms with E-state index in [-0.39, 0.29) is 5.78 Å². The fraction of sp³-hybridized carbons (Fsp3) is 0.444. The third-order valence-electron chi connectivity index (χ3n) is 1.60. The molecule has 0 saturated heterocycles. The largest absolute Gasteiger partial charge is 0.374 e. The molecule has 1 N–H and O–H groups in total. The third-order valence-corrected chi connectivity index (χ3v) is 1.60. The highest BCUT2D eigenvalue weighted by Crippen LogP contribution is 2.05. The van der Waals surface area contributed by atoms with Gasteiger partial charge >= 0.3 is 0 Å². The van der Waals surface area contributed by atoms with Crippen molar-refractivity contribution in [2.24, 2.45) is 0 Å². The van der Waals surface area contributed by atoms with E-state index in [1.165, 1.54) is 0 Å². The van der Waals surface area contributed by atoms with Crippen LogP contribution in [0.15, 0.2) is 24.9 Å². The molecule has 0 fully saturated rings. The number of allylic oxidation sites excluding steroid dienone is 1. The van der Waals surface area contributed by atoms with Gasteiger partial charge in [0, 0.05) is 5.70 Å². The lowest BCUT2D eigenvalue weighted by Gasteiger charge is -2.24. The molecule has 62 valence electrons. The minimum Gasteiger partial charge on any atom is -0.374 e. The van der Waals surface area contributed by atoms with Gasteiger partial charge in [0.15, 0.2) is 5.78 Å². The first-order valence-electron chi connectivity index (χ1n) is 3.50. The molecular weight excluding hydrogens is 138 g/mol. The molecule has 0 aromatic rings. The second-order valence-electron chi connectivity index (χ2n) is 3.04. The second-order valence-corrected chi connectivity index (χ2v) is 3.04. The molecular formula is C9H15NO. The Morgan fingerprint density at radius 3 is 2.27 bits per heavy atom. The van der Waals surface area contributed by atoms with Crippen molar-refractivity contribution in [3.05, 3.63) is 24.9 Å². The zero-order chi connectivity index (χ0) is 9.07. The Bertz CT molecular complexity index is 192. The summed E-state index contributed by atoms with van der Waals surface area (Å²) in [5.74, 6) is 0.0838. The molecule has 0 aliphatic rings. The smallest absolute Gasteiger partial charge is 0.154 e. The van der Waals surface area contributed by atoms with Gasteiger partial charge in [-0.3, -0.25) is 4.79 Å². The van der Waals surface area contributed by atoms with E-state index in [1.54, 1.807) is 13.0 Å². The summed E-state index contributed by atoms with van der Waals surface area (Å²) < 4.78 is 0. The maximum atomic E-state index is 11.0. The molecule has 0 saturated carbocycles. The quantitative estimate of drug-likeness (QED) is 0.622. The number of carbonyl (C=O) groups excluding carboxylic acids is 1. The van der Waals surface area contributed by atoms with Gasteiger partial charge in [-0.2, -0.15) is 0 Å². The van der Waals surface area contributed by atoms with Crippen LogP contribution in [0.2, 0.25) is 0 Å². The molecule has 0 aromatic carbocycles. The molecule has 0 aliphatic heterocycles. The van der Waals surface area contributed by atoms with E-state index in [2.05, 4.69) is 18.5 Å². The minimum atomic E-state index is -0.536. The van der Waals surface area contributed by atoms with Crippen molar-refractivity contribution in [1.29, 1.82) is 0 Å². The molecule has 0 bridgehead atoms. The molecule has 0 unspecified atom stereocenters. The van der Waals surface area contributed by atoms with Crippen molar-refractivity contribution in [3.63, 3.8) is 0 Å². The predicted molar refractivity (Wildman–Crippen MR) is 47.2 cm³/mol. The molecule has 0 radical (unpaired) electrons. The number of carbonyl (C=O) groups is 1. The summed E-state index contributed by atoms with van der Waals surface area (Å²) in [7, 11) is 0. The van der Waals surface area contributed by atoms with Gasteiger partial charge in [0.2, 0.25) is 0 Å². The van der Waals surface area contributed by atoms with Gasteiger partial charge in [-0.15, -0.1) is 0 Å². The SMILES string of the molecule is C=CC(=C)NC(C)(C)C(C)=O. The number of nitrogens with one attached hydrogen (secondary N) is 1. The number of rotatable bonds is 4. The summed E-state index contributed by atoms with van der Waals surface area (Å²) in [6.07, 6.45) is 1.59. The molecule has 2 heteroatoms. The van der Waals surface area contributed by atoms with Gasteiger partial charge in [0.05, 0.1) is 5.54 Å². The maximum Gasteiger partial charge on any atom is 0.154 e. The van der Waals surface area contributed by atoms with Crippen LogP contribution in [0.25, 0.3) is 0 Å². The summed E-state index contributed by atoms with van der Waals surface area (Å²) in [4.78, 5) is 11.0. The molecule has 0 heterocycles. The minimum absolute atomic E-state index is 0.0838. The van der Waals surface area contributed by atoms with E-state index in [4.69, 9.17) is 0 Å². The van der Waals surface area contributed by atoms with Crippen molar-refractivity contribution in [1.82, 2.24) is 5.32 Å². The second kappa shape index (κ2) is 3.37. The zero-order valence-electron chi connectivity index (χ0n) is 7.40. The topological polar surface area (TPSA) is 29.1 Å². The monoisotopic (exact) mass is 153 g/mol. The van der Waals surface area contributed by atoms with Crippen LogP contribution in [-0.4, -0.2) is 11.3 Å². The van der Waals surface area contributed by atoms with Crippen LogP contribution in [0.1, 0.15) is 20.8 Å². The predicted octanol–water partition coefficient (Wildman–Crippen LogP) is 1.64. The van der Waals surface area contributed by atoms with Gasteiger partial charge < -0.3 is 5.32 Å². The summed E-state index contributed by atoms with van der Waals surface area (Å²) in [5.41, 5.74) is 0.135. The number of hydrogen-bond acceptors (Lipinski definition) is 2. The van der Waals surface area contributed by atoms with E-state index in [1.807, 2.05) is 13.8 Å². The number of ketones is 1. The molecule has 0 spiro atoms. The zero-order valence-corrected chi connectivity index (χ0v) is 7.40.